The van der Waals surface area contributed by atoms with Crippen molar-refractivity contribution in [3.63, 3.8) is 0 Å². The molecule has 116 valence electrons. The van der Waals surface area contributed by atoms with Crippen molar-refractivity contribution >= 4 is 23.5 Å². The van der Waals surface area contributed by atoms with Crippen LogP contribution in [0.2, 0.25) is 5.28 Å². The monoisotopic (exact) mass is 311 g/mol. The van der Waals surface area contributed by atoms with Gasteiger partial charge in [-0.1, -0.05) is 0 Å². The van der Waals surface area contributed by atoms with Gasteiger partial charge >= 0.3 is 0 Å². The molecule has 3 rings (SSSR count). The van der Waals surface area contributed by atoms with E-state index in [0.29, 0.717) is 11.9 Å². The maximum absolute atomic E-state index is 6.06. The largest absolute Gasteiger partial charge is 0.379 e. The number of methoxy groups -OCH3 is 1. The quantitative estimate of drug-likeness (QED) is 0.921. The number of ether oxygens (including phenoxy) is 1. The number of aromatic nitrogens is 3. The molecule has 1 aromatic heterocycles. The lowest BCUT2D eigenvalue weighted by Gasteiger charge is -2.27. The Hall–Kier alpha value is -1.14. The van der Waals surface area contributed by atoms with Gasteiger partial charge in [0.25, 0.3) is 0 Å². The van der Waals surface area contributed by atoms with E-state index in [0.717, 1.165) is 32.4 Å². The van der Waals surface area contributed by atoms with Crippen molar-refractivity contribution < 1.29 is 4.74 Å². The molecule has 21 heavy (non-hydrogen) atoms. The van der Waals surface area contributed by atoms with Crippen molar-refractivity contribution in [1.29, 1.82) is 0 Å². The third kappa shape index (κ3) is 3.55. The van der Waals surface area contributed by atoms with Crippen LogP contribution >= 0.6 is 11.6 Å². The van der Waals surface area contributed by atoms with E-state index in [2.05, 4.69) is 25.2 Å². The lowest BCUT2D eigenvalue weighted by Crippen LogP contribution is -2.33. The molecule has 1 aromatic rings. The van der Waals surface area contributed by atoms with Crippen LogP contribution in [0.4, 0.5) is 11.9 Å². The molecule has 2 unspecified atom stereocenters. The number of piperidine rings is 1. The molecule has 6 nitrogen and oxygen atoms in total. The minimum atomic E-state index is 0.221. The fraction of sp³-hybridized carbons (Fsp3) is 0.786. The summed E-state index contributed by atoms with van der Waals surface area (Å²) in [6.45, 7) is 1.98. The molecule has 7 heteroatoms. The Bertz CT molecular complexity index is 480. The Morgan fingerprint density at radius 1 is 1.10 bits per heavy atom. The van der Waals surface area contributed by atoms with Gasteiger partial charge in [-0.3, -0.25) is 0 Å². The zero-order valence-corrected chi connectivity index (χ0v) is 13.1. The second-order valence-corrected chi connectivity index (χ2v) is 6.07. The van der Waals surface area contributed by atoms with Gasteiger partial charge in [-0.2, -0.15) is 15.0 Å². The minimum Gasteiger partial charge on any atom is -0.379 e. The van der Waals surface area contributed by atoms with Gasteiger partial charge in [-0.05, 0) is 50.1 Å². The highest BCUT2D eigenvalue weighted by Crippen LogP contribution is 2.25. The highest BCUT2D eigenvalue weighted by molar-refractivity contribution is 6.28. The van der Waals surface area contributed by atoms with Crippen LogP contribution < -0.4 is 10.2 Å². The van der Waals surface area contributed by atoms with Gasteiger partial charge in [0.15, 0.2) is 0 Å². The molecule has 0 spiro atoms. The van der Waals surface area contributed by atoms with E-state index >= 15 is 0 Å². The van der Waals surface area contributed by atoms with Gasteiger partial charge in [0.2, 0.25) is 17.2 Å². The van der Waals surface area contributed by atoms with Gasteiger partial charge in [-0.25, -0.2) is 0 Å². The summed E-state index contributed by atoms with van der Waals surface area (Å²) in [6, 6.07) is 0.252. The molecule has 2 heterocycles. The average Bonchev–Trinajstić information content (AvgIpc) is 2.95. The molecule has 0 amide bonds. The Morgan fingerprint density at radius 2 is 1.90 bits per heavy atom. The molecule has 2 fully saturated rings. The van der Waals surface area contributed by atoms with Crippen LogP contribution in [-0.2, 0) is 4.74 Å². The Labute approximate surface area is 130 Å². The summed E-state index contributed by atoms with van der Waals surface area (Å²) in [6.07, 6.45) is 7.17. The molecule has 2 aliphatic rings. The van der Waals surface area contributed by atoms with E-state index in [1.807, 2.05) is 0 Å². The Morgan fingerprint density at radius 3 is 2.67 bits per heavy atom. The van der Waals surface area contributed by atoms with Gasteiger partial charge < -0.3 is 15.0 Å². The number of halogens is 1. The average molecular weight is 312 g/mol. The highest BCUT2D eigenvalue weighted by atomic mass is 35.5. The van der Waals surface area contributed by atoms with Gasteiger partial charge in [0.1, 0.15) is 0 Å². The SMILES string of the molecule is COC1CCCC1Nc1nc(Cl)nc(N2CCCCC2)n1. The van der Waals surface area contributed by atoms with Crippen molar-refractivity contribution in [2.24, 2.45) is 0 Å². The van der Waals surface area contributed by atoms with E-state index in [1.54, 1.807) is 7.11 Å². The van der Waals surface area contributed by atoms with Crippen molar-refractivity contribution in [2.75, 3.05) is 30.4 Å². The lowest BCUT2D eigenvalue weighted by atomic mass is 10.1. The normalized spacial score (nSPS) is 26.1. The van der Waals surface area contributed by atoms with Crippen LogP contribution in [0.5, 0.6) is 0 Å². The zero-order valence-electron chi connectivity index (χ0n) is 12.4. The summed E-state index contributed by atoms with van der Waals surface area (Å²) < 4.78 is 5.50. The van der Waals surface area contributed by atoms with Crippen LogP contribution in [-0.4, -0.2) is 47.3 Å². The van der Waals surface area contributed by atoms with E-state index < -0.39 is 0 Å². The molecular weight excluding hydrogens is 290 g/mol. The minimum absolute atomic E-state index is 0.221. The first kappa shape index (κ1) is 14.8. The van der Waals surface area contributed by atoms with E-state index in [9.17, 15) is 0 Å². The molecule has 1 N–H and O–H groups in total. The second-order valence-electron chi connectivity index (χ2n) is 5.73. The van der Waals surface area contributed by atoms with E-state index in [4.69, 9.17) is 16.3 Å². The van der Waals surface area contributed by atoms with Gasteiger partial charge in [0, 0.05) is 20.2 Å². The topological polar surface area (TPSA) is 63.2 Å². The Kier molecular flexibility index (Phi) is 4.75. The molecule has 1 saturated heterocycles. The van der Waals surface area contributed by atoms with Crippen LogP contribution in [0.15, 0.2) is 0 Å². The number of hydrogen-bond donors (Lipinski definition) is 1. The number of nitrogens with one attached hydrogen (secondary N) is 1. The first-order chi connectivity index (χ1) is 10.3. The van der Waals surface area contributed by atoms with Crippen molar-refractivity contribution in [1.82, 2.24) is 15.0 Å². The lowest BCUT2D eigenvalue weighted by molar-refractivity contribution is 0.101. The van der Waals surface area contributed by atoms with Crippen molar-refractivity contribution in [2.45, 2.75) is 50.7 Å². The molecule has 1 aliphatic heterocycles. The van der Waals surface area contributed by atoms with Gasteiger partial charge in [-0.15, -0.1) is 0 Å². The second kappa shape index (κ2) is 6.75. The number of rotatable bonds is 4. The van der Waals surface area contributed by atoms with Crippen LogP contribution in [0.3, 0.4) is 0 Å². The number of nitrogens with zero attached hydrogens (tertiary/aromatic N) is 4. The third-order valence-corrected chi connectivity index (χ3v) is 4.47. The summed E-state index contributed by atoms with van der Waals surface area (Å²) in [5.41, 5.74) is 0. The smallest absolute Gasteiger partial charge is 0.231 e. The summed E-state index contributed by atoms with van der Waals surface area (Å²) in [7, 11) is 1.75. The van der Waals surface area contributed by atoms with E-state index in [-0.39, 0.29) is 17.4 Å². The van der Waals surface area contributed by atoms with Crippen molar-refractivity contribution in [3.05, 3.63) is 5.28 Å². The van der Waals surface area contributed by atoms with Crippen LogP contribution in [0, 0.1) is 0 Å². The molecule has 0 bridgehead atoms. The molecular formula is C14H22ClN5O. The highest BCUT2D eigenvalue weighted by Gasteiger charge is 2.28. The summed E-state index contributed by atoms with van der Waals surface area (Å²) in [4.78, 5) is 15.2. The van der Waals surface area contributed by atoms with Crippen molar-refractivity contribution in [3.8, 4) is 0 Å². The van der Waals surface area contributed by atoms with Gasteiger partial charge in [0.05, 0.1) is 12.1 Å². The molecule has 2 atom stereocenters. The molecule has 1 aliphatic carbocycles. The molecule has 1 saturated carbocycles. The standard InChI is InChI=1S/C14H22ClN5O/c1-21-11-7-5-6-10(11)16-13-17-12(15)18-14(19-13)20-8-3-2-4-9-20/h10-11H,2-9H2,1H3,(H,16,17,18,19). The fourth-order valence-corrected chi connectivity index (χ4v) is 3.33. The summed E-state index contributed by atoms with van der Waals surface area (Å²) >= 11 is 6.06. The maximum Gasteiger partial charge on any atom is 0.231 e. The number of anilines is 2. The number of hydrogen-bond acceptors (Lipinski definition) is 6. The van der Waals surface area contributed by atoms with Crippen LogP contribution in [0.25, 0.3) is 0 Å². The Balaban J connectivity index is 1.74. The zero-order chi connectivity index (χ0) is 14.7. The summed E-state index contributed by atoms with van der Waals surface area (Å²) in [5.74, 6) is 1.24. The first-order valence-electron chi connectivity index (χ1n) is 7.72. The third-order valence-electron chi connectivity index (χ3n) is 4.31. The first-order valence-corrected chi connectivity index (χ1v) is 8.10. The molecule has 0 aromatic carbocycles. The predicted molar refractivity (Wildman–Crippen MR) is 83.0 cm³/mol. The summed E-state index contributed by atoms with van der Waals surface area (Å²) in [5, 5.41) is 3.61. The molecule has 0 radical (unpaired) electrons. The predicted octanol–water partition coefficient (Wildman–Crippen LogP) is 2.49. The maximum atomic E-state index is 6.06. The van der Waals surface area contributed by atoms with E-state index in [1.165, 1.54) is 19.3 Å². The fourth-order valence-electron chi connectivity index (χ4n) is 3.18. The van der Waals surface area contributed by atoms with Crippen LogP contribution in [0.1, 0.15) is 38.5 Å².